The number of aliphatic hydroxyl groups excluding tert-OH is 5. The Kier molecular flexibility index (Phi) is 17.1. The van der Waals surface area contributed by atoms with Crippen LogP contribution in [0.25, 0.3) is 0 Å². The standard InChI is InChI=1S/C10H20O3.2C2H6O2/c1-9(2,3)7-13-8(12)10(4,5)6-11;2*3-1-2-4/h11H,6-7H2,1-5H3;2*3-4H,1-2H2. The normalized spacial score (nSPS) is 10.8. The van der Waals surface area contributed by atoms with Gasteiger partial charge < -0.3 is 30.3 Å². The zero-order chi connectivity index (χ0) is 17.5. The number of hydrogen-bond acceptors (Lipinski definition) is 7. The molecular formula is C14H32O7. The van der Waals surface area contributed by atoms with Crippen molar-refractivity contribution in [2.45, 2.75) is 34.6 Å². The van der Waals surface area contributed by atoms with Crippen molar-refractivity contribution in [3.8, 4) is 0 Å². The molecule has 7 nitrogen and oxygen atoms in total. The molecule has 130 valence electrons. The molecule has 7 heteroatoms. The Hall–Kier alpha value is -0.730. The Morgan fingerprint density at radius 1 is 0.810 bits per heavy atom. The van der Waals surface area contributed by atoms with E-state index in [9.17, 15) is 4.79 Å². The smallest absolute Gasteiger partial charge is 0.313 e. The van der Waals surface area contributed by atoms with Crippen LogP contribution in [0.3, 0.4) is 0 Å². The van der Waals surface area contributed by atoms with Crippen molar-refractivity contribution in [2.75, 3.05) is 39.6 Å². The maximum Gasteiger partial charge on any atom is 0.313 e. The summed E-state index contributed by atoms with van der Waals surface area (Å²) in [5.74, 6) is -0.343. The van der Waals surface area contributed by atoms with E-state index >= 15 is 0 Å². The molecule has 5 N–H and O–H groups in total. The first kappa shape index (κ1) is 25.2. The zero-order valence-corrected chi connectivity index (χ0v) is 13.8. The van der Waals surface area contributed by atoms with Gasteiger partial charge in [-0.15, -0.1) is 0 Å². The summed E-state index contributed by atoms with van der Waals surface area (Å²) < 4.78 is 5.06. The minimum absolute atomic E-state index is 0.0266. The molecule has 0 amide bonds. The molecule has 0 atom stereocenters. The van der Waals surface area contributed by atoms with Gasteiger partial charge >= 0.3 is 5.97 Å². The fourth-order valence-corrected chi connectivity index (χ4v) is 0.542. The maximum absolute atomic E-state index is 11.4. The van der Waals surface area contributed by atoms with E-state index in [4.69, 9.17) is 30.3 Å². The number of carbonyl (C=O) groups excluding carboxylic acids is 1. The van der Waals surface area contributed by atoms with E-state index < -0.39 is 5.41 Å². The number of carbonyl (C=O) groups is 1. The average molecular weight is 312 g/mol. The van der Waals surface area contributed by atoms with Crippen LogP contribution in [0, 0.1) is 10.8 Å². The summed E-state index contributed by atoms with van der Waals surface area (Å²) in [4.78, 5) is 11.4. The van der Waals surface area contributed by atoms with Gasteiger partial charge in [0.05, 0.1) is 45.1 Å². The Labute approximate surface area is 127 Å². The van der Waals surface area contributed by atoms with Gasteiger partial charge in [-0.1, -0.05) is 20.8 Å². The van der Waals surface area contributed by atoms with Gasteiger partial charge in [0, 0.05) is 0 Å². The van der Waals surface area contributed by atoms with E-state index in [-0.39, 0.29) is 44.4 Å². The van der Waals surface area contributed by atoms with Gasteiger partial charge in [0.15, 0.2) is 0 Å². The molecule has 0 saturated heterocycles. The molecule has 0 heterocycles. The maximum atomic E-state index is 11.4. The molecule has 21 heavy (non-hydrogen) atoms. The fraction of sp³-hybridized carbons (Fsp3) is 0.929. The Bertz CT molecular complexity index is 226. The third kappa shape index (κ3) is 21.7. The zero-order valence-electron chi connectivity index (χ0n) is 13.8. The van der Waals surface area contributed by atoms with Crippen LogP contribution in [0.1, 0.15) is 34.6 Å². The Morgan fingerprint density at radius 2 is 1.14 bits per heavy atom. The molecule has 0 aliphatic rings. The van der Waals surface area contributed by atoms with Crippen LogP contribution < -0.4 is 0 Å². The quantitative estimate of drug-likeness (QED) is 0.434. The van der Waals surface area contributed by atoms with Gasteiger partial charge in [-0.05, 0) is 19.3 Å². The van der Waals surface area contributed by atoms with Gasteiger partial charge in [-0.3, -0.25) is 4.79 Å². The van der Waals surface area contributed by atoms with E-state index in [0.29, 0.717) is 6.61 Å². The van der Waals surface area contributed by atoms with Crippen LogP contribution in [0.5, 0.6) is 0 Å². The van der Waals surface area contributed by atoms with Crippen LogP contribution >= 0.6 is 0 Å². The van der Waals surface area contributed by atoms with Gasteiger partial charge in [0.1, 0.15) is 0 Å². The van der Waals surface area contributed by atoms with E-state index in [2.05, 4.69) is 0 Å². The first-order valence-electron chi connectivity index (χ1n) is 6.74. The van der Waals surface area contributed by atoms with Gasteiger partial charge in [-0.25, -0.2) is 0 Å². The largest absolute Gasteiger partial charge is 0.465 e. The highest BCUT2D eigenvalue weighted by Crippen LogP contribution is 2.19. The summed E-state index contributed by atoms with van der Waals surface area (Å²) in [6.07, 6.45) is 0. The second kappa shape index (κ2) is 14.2. The minimum Gasteiger partial charge on any atom is -0.465 e. The highest BCUT2D eigenvalue weighted by Gasteiger charge is 2.29. The van der Waals surface area contributed by atoms with E-state index in [1.54, 1.807) is 13.8 Å². The molecular weight excluding hydrogens is 280 g/mol. The summed E-state index contributed by atoms with van der Waals surface area (Å²) in [6.45, 7) is 9.01. The van der Waals surface area contributed by atoms with Crippen LogP contribution in [0.15, 0.2) is 0 Å². The second-order valence-corrected chi connectivity index (χ2v) is 6.07. The lowest BCUT2D eigenvalue weighted by atomic mass is 9.94. The molecule has 0 spiro atoms. The number of aliphatic hydroxyl groups is 5. The SMILES string of the molecule is CC(C)(C)COC(=O)C(C)(C)CO.OCCO.OCCO. The van der Waals surface area contributed by atoms with E-state index in [1.165, 1.54) is 0 Å². The van der Waals surface area contributed by atoms with Crippen molar-refractivity contribution < 1.29 is 35.1 Å². The lowest BCUT2D eigenvalue weighted by molar-refractivity contribution is -0.158. The van der Waals surface area contributed by atoms with Gasteiger partial charge in [0.2, 0.25) is 0 Å². The third-order valence-corrected chi connectivity index (χ3v) is 1.78. The first-order chi connectivity index (χ1) is 9.52. The molecule has 0 aromatic rings. The molecule has 0 fully saturated rings. The van der Waals surface area contributed by atoms with E-state index in [0.717, 1.165) is 0 Å². The molecule has 0 aliphatic heterocycles. The molecule has 0 saturated carbocycles. The second-order valence-electron chi connectivity index (χ2n) is 6.07. The van der Waals surface area contributed by atoms with Crippen molar-refractivity contribution in [1.29, 1.82) is 0 Å². The highest BCUT2D eigenvalue weighted by atomic mass is 16.5. The fourth-order valence-electron chi connectivity index (χ4n) is 0.542. The summed E-state index contributed by atoms with van der Waals surface area (Å²) >= 11 is 0. The first-order valence-corrected chi connectivity index (χ1v) is 6.74. The minimum atomic E-state index is -0.786. The van der Waals surface area contributed by atoms with Crippen LogP contribution in [0.2, 0.25) is 0 Å². The summed E-state index contributed by atoms with van der Waals surface area (Å²) in [7, 11) is 0. The van der Waals surface area contributed by atoms with Crippen LogP contribution in [-0.2, 0) is 9.53 Å². The van der Waals surface area contributed by atoms with Crippen molar-refractivity contribution in [3.05, 3.63) is 0 Å². The molecule has 0 aromatic carbocycles. The van der Waals surface area contributed by atoms with Gasteiger partial charge in [-0.2, -0.15) is 0 Å². The van der Waals surface area contributed by atoms with Crippen LogP contribution in [0.4, 0.5) is 0 Å². The number of esters is 1. The molecule has 0 radical (unpaired) electrons. The number of rotatable bonds is 5. The number of ether oxygens (including phenoxy) is 1. The topological polar surface area (TPSA) is 127 Å². The highest BCUT2D eigenvalue weighted by molar-refractivity contribution is 5.76. The predicted octanol–water partition coefficient (Wildman–Crippen LogP) is -0.464. The lowest BCUT2D eigenvalue weighted by Gasteiger charge is -2.23. The Balaban J connectivity index is -0.000000334. The molecule has 0 aromatic heterocycles. The molecule has 0 unspecified atom stereocenters. The molecule has 0 bridgehead atoms. The average Bonchev–Trinajstić information content (AvgIpc) is 2.44. The predicted molar refractivity (Wildman–Crippen MR) is 79.6 cm³/mol. The van der Waals surface area contributed by atoms with Crippen molar-refractivity contribution >= 4 is 5.97 Å². The summed E-state index contributed by atoms with van der Waals surface area (Å²) in [5.41, 5.74) is -0.813. The van der Waals surface area contributed by atoms with Gasteiger partial charge in [0.25, 0.3) is 0 Å². The van der Waals surface area contributed by atoms with Crippen LogP contribution in [-0.4, -0.2) is 71.1 Å². The molecule has 0 rings (SSSR count). The summed E-state index contributed by atoms with van der Waals surface area (Å²) in [6, 6.07) is 0. The lowest BCUT2D eigenvalue weighted by Crippen LogP contribution is -2.32. The molecule has 0 aliphatic carbocycles. The van der Waals surface area contributed by atoms with Crippen molar-refractivity contribution in [2.24, 2.45) is 10.8 Å². The Morgan fingerprint density at radius 3 is 1.33 bits per heavy atom. The van der Waals surface area contributed by atoms with Crippen molar-refractivity contribution in [1.82, 2.24) is 0 Å². The number of hydrogen-bond donors (Lipinski definition) is 5. The van der Waals surface area contributed by atoms with Crippen molar-refractivity contribution in [3.63, 3.8) is 0 Å². The monoisotopic (exact) mass is 312 g/mol. The summed E-state index contributed by atoms with van der Waals surface area (Å²) in [5, 5.41) is 39.4. The van der Waals surface area contributed by atoms with E-state index in [1.807, 2.05) is 20.8 Å². The third-order valence-electron chi connectivity index (χ3n) is 1.78.